The van der Waals surface area contributed by atoms with Crippen LogP contribution in [0.25, 0.3) is 0 Å². The number of nitrogens with zero attached hydrogens (tertiary/aromatic N) is 1. The molecular formula is C12H11N3O. The molecule has 2 rings (SSSR count). The molecule has 0 saturated heterocycles. The Balaban J connectivity index is 2.08. The van der Waals surface area contributed by atoms with E-state index in [1.165, 1.54) is 0 Å². The van der Waals surface area contributed by atoms with Gasteiger partial charge in [0.2, 0.25) is 6.41 Å². The van der Waals surface area contributed by atoms with Crippen LogP contribution in [0.3, 0.4) is 0 Å². The van der Waals surface area contributed by atoms with Crippen LogP contribution in [0.1, 0.15) is 0 Å². The van der Waals surface area contributed by atoms with Crippen molar-refractivity contribution in [2.45, 2.75) is 0 Å². The van der Waals surface area contributed by atoms with Crippen molar-refractivity contribution in [3.63, 3.8) is 0 Å². The van der Waals surface area contributed by atoms with E-state index < -0.39 is 0 Å². The molecule has 2 N–H and O–H groups in total. The lowest BCUT2D eigenvalue weighted by Gasteiger charge is -2.06. The Morgan fingerprint density at radius 1 is 1.00 bits per heavy atom. The van der Waals surface area contributed by atoms with Gasteiger partial charge in [0, 0.05) is 17.6 Å². The second-order valence-corrected chi connectivity index (χ2v) is 3.21. The van der Waals surface area contributed by atoms with Gasteiger partial charge in [0.15, 0.2) is 0 Å². The van der Waals surface area contributed by atoms with Crippen molar-refractivity contribution < 1.29 is 4.79 Å². The summed E-state index contributed by atoms with van der Waals surface area (Å²) in [5, 5.41) is 5.77. The second kappa shape index (κ2) is 4.93. The normalized spacial score (nSPS) is 9.50. The van der Waals surface area contributed by atoms with E-state index in [-0.39, 0.29) is 0 Å². The average Bonchev–Trinajstić information content (AvgIpc) is 2.33. The smallest absolute Gasteiger partial charge is 0.211 e. The molecule has 2 aromatic rings. The third-order valence-electron chi connectivity index (χ3n) is 2.06. The van der Waals surface area contributed by atoms with Crippen LogP contribution in [-0.2, 0) is 4.79 Å². The van der Waals surface area contributed by atoms with Crippen molar-refractivity contribution in [2.24, 2.45) is 0 Å². The summed E-state index contributed by atoms with van der Waals surface area (Å²) in [6.45, 7) is 0. The number of rotatable bonds is 4. The van der Waals surface area contributed by atoms with Crippen LogP contribution >= 0.6 is 0 Å². The highest BCUT2D eigenvalue weighted by Gasteiger charge is 1.94. The standard InChI is InChI=1S/C12H11N3O/c16-9-14-10-3-5-11(6-4-10)15-12-2-1-7-13-8-12/h1-9,15H,(H,14,16). The first-order valence-electron chi connectivity index (χ1n) is 4.86. The van der Waals surface area contributed by atoms with Gasteiger partial charge >= 0.3 is 0 Å². The van der Waals surface area contributed by atoms with E-state index in [0.29, 0.717) is 6.41 Å². The predicted molar refractivity (Wildman–Crippen MR) is 63.6 cm³/mol. The van der Waals surface area contributed by atoms with Gasteiger partial charge in [-0.2, -0.15) is 0 Å². The van der Waals surface area contributed by atoms with Crippen LogP contribution < -0.4 is 10.6 Å². The number of anilines is 3. The third-order valence-corrected chi connectivity index (χ3v) is 2.06. The van der Waals surface area contributed by atoms with E-state index in [0.717, 1.165) is 17.1 Å². The van der Waals surface area contributed by atoms with E-state index in [1.807, 2.05) is 36.4 Å². The van der Waals surface area contributed by atoms with Crippen molar-refractivity contribution in [3.8, 4) is 0 Å². The lowest BCUT2D eigenvalue weighted by molar-refractivity contribution is -0.105. The fourth-order valence-corrected chi connectivity index (χ4v) is 1.32. The maximum absolute atomic E-state index is 10.2. The molecule has 80 valence electrons. The van der Waals surface area contributed by atoms with Gasteiger partial charge in [-0.3, -0.25) is 9.78 Å². The van der Waals surface area contributed by atoms with Gasteiger partial charge in [0.05, 0.1) is 11.9 Å². The Bertz CT molecular complexity index is 453. The van der Waals surface area contributed by atoms with Crippen molar-refractivity contribution in [1.82, 2.24) is 4.98 Å². The van der Waals surface area contributed by atoms with Crippen molar-refractivity contribution >= 4 is 23.5 Å². The Hall–Kier alpha value is -2.36. The molecular weight excluding hydrogens is 202 g/mol. The molecule has 1 aromatic carbocycles. The van der Waals surface area contributed by atoms with Crippen molar-refractivity contribution in [3.05, 3.63) is 48.8 Å². The number of nitrogens with one attached hydrogen (secondary N) is 2. The minimum Gasteiger partial charge on any atom is -0.354 e. The van der Waals surface area contributed by atoms with Gasteiger partial charge in [0.25, 0.3) is 0 Å². The number of hydrogen-bond donors (Lipinski definition) is 2. The SMILES string of the molecule is O=CNc1ccc(Nc2cccnc2)cc1. The molecule has 4 nitrogen and oxygen atoms in total. The molecule has 0 aliphatic carbocycles. The molecule has 0 bridgehead atoms. The molecule has 0 aliphatic heterocycles. The van der Waals surface area contributed by atoms with Gasteiger partial charge in [-0.05, 0) is 36.4 Å². The minimum absolute atomic E-state index is 0.656. The third kappa shape index (κ3) is 2.57. The van der Waals surface area contributed by atoms with Crippen LogP contribution in [0, 0.1) is 0 Å². The zero-order valence-corrected chi connectivity index (χ0v) is 8.55. The van der Waals surface area contributed by atoms with E-state index in [1.54, 1.807) is 12.4 Å². The second-order valence-electron chi connectivity index (χ2n) is 3.21. The average molecular weight is 213 g/mol. The molecule has 4 heteroatoms. The number of benzene rings is 1. The summed E-state index contributed by atoms with van der Waals surface area (Å²) in [4.78, 5) is 14.2. The molecule has 0 fully saturated rings. The highest BCUT2D eigenvalue weighted by Crippen LogP contribution is 2.17. The molecule has 0 atom stereocenters. The molecule has 0 spiro atoms. The lowest BCUT2D eigenvalue weighted by Crippen LogP contribution is -1.94. The molecule has 16 heavy (non-hydrogen) atoms. The molecule has 0 unspecified atom stereocenters. The Morgan fingerprint density at radius 3 is 2.38 bits per heavy atom. The summed E-state index contributed by atoms with van der Waals surface area (Å²) < 4.78 is 0. The Labute approximate surface area is 93.3 Å². The fourth-order valence-electron chi connectivity index (χ4n) is 1.32. The molecule has 1 heterocycles. The fraction of sp³-hybridized carbons (Fsp3) is 0. The van der Waals surface area contributed by atoms with Gasteiger partial charge in [-0.15, -0.1) is 0 Å². The summed E-state index contributed by atoms with van der Waals surface area (Å²) in [6, 6.07) is 11.2. The number of hydrogen-bond acceptors (Lipinski definition) is 3. The number of carbonyl (C=O) groups excluding carboxylic acids is 1. The number of amides is 1. The van der Waals surface area contributed by atoms with Crippen LogP contribution in [0.15, 0.2) is 48.8 Å². The topological polar surface area (TPSA) is 54.0 Å². The summed E-state index contributed by atoms with van der Waals surface area (Å²) in [6.07, 6.45) is 4.13. The largest absolute Gasteiger partial charge is 0.354 e. The summed E-state index contributed by atoms with van der Waals surface area (Å²) in [5.41, 5.74) is 2.65. The highest BCUT2D eigenvalue weighted by atomic mass is 16.1. The van der Waals surface area contributed by atoms with E-state index >= 15 is 0 Å². The van der Waals surface area contributed by atoms with Gasteiger partial charge in [0.1, 0.15) is 0 Å². The first kappa shape index (κ1) is 10.2. The molecule has 1 amide bonds. The maximum Gasteiger partial charge on any atom is 0.211 e. The van der Waals surface area contributed by atoms with Crippen molar-refractivity contribution in [2.75, 3.05) is 10.6 Å². The Morgan fingerprint density at radius 2 is 1.75 bits per heavy atom. The monoisotopic (exact) mass is 213 g/mol. The van der Waals surface area contributed by atoms with E-state index in [4.69, 9.17) is 0 Å². The molecule has 0 radical (unpaired) electrons. The Kier molecular flexibility index (Phi) is 3.13. The van der Waals surface area contributed by atoms with Gasteiger partial charge < -0.3 is 10.6 Å². The van der Waals surface area contributed by atoms with E-state index in [2.05, 4.69) is 15.6 Å². The summed E-state index contributed by atoms with van der Waals surface area (Å²) in [7, 11) is 0. The van der Waals surface area contributed by atoms with Crippen LogP contribution in [0.4, 0.5) is 17.1 Å². The summed E-state index contributed by atoms with van der Waals surface area (Å²) in [5.74, 6) is 0. The van der Waals surface area contributed by atoms with Crippen molar-refractivity contribution in [1.29, 1.82) is 0 Å². The number of carbonyl (C=O) groups is 1. The van der Waals surface area contributed by atoms with Gasteiger partial charge in [-0.25, -0.2) is 0 Å². The zero-order valence-electron chi connectivity index (χ0n) is 8.55. The number of pyridine rings is 1. The van der Waals surface area contributed by atoms with Crippen LogP contribution in [0.5, 0.6) is 0 Å². The van der Waals surface area contributed by atoms with Gasteiger partial charge in [-0.1, -0.05) is 0 Å². The summed E-state index contributed by atoms with van der Waals surface area (Å²) >= 11 is 0. The van der Waals surface area contributed by atoms with E-state index in [9.17, 15) is 4.79 Å². The molecule has 0 aliphatic rings. The first-order chi connectivity index (χ1) is 7.88. The molecule has 0 saturated carbocycles. The predicted octanol–water partition coefficient (Wildman–Crippen LogP) is 2.39. The highest BCUT2D eigenvalue weighted by molar-refractivity contribution is 5.72. The first-order valence-corrected chi connectivity index (χ1v) is 4.86. The maximum atomic E-state index is 10.2. The lowest BCUT2D eigenvalue weighted by atomic mass is 10.2. The van der Waals surface area contributed by atoms with Crippen LogP contribution in [0.2, 0.25) is 0 Å². The number of aromatic nitrogens is 1. The zero-order chi connectivity index (χ0) is 11.2. The minimum atomic E-state index is 0.656. The quantitative estimate of drug-likeness (QED) is 0.767. The van der Waals surface area contributed by atoms with Crippen LogP contribution in [-0.4, -0.2) is 11.4 Å². The molecule has 1 aromatic heterocycles.